The second kappa shape index (κ2) is 6.21. The summed E-state index contributed by atoms with van der Waals surface area (Å²) in [5.74, 6) is 1.03. The van der Waals surface area contributed by atoms with Crippen LogP contribution in [0.2, 0.25) is 0 Å². The first kappa shape index (κ1) is 14.1. The molecule has 0 spiro atoms. The second-order valence-corrected chi connectivity index (χ2v) is 4.54. The van der Waals surface area contributed by atoms with Crippen molar-refractivity contribution < 1.29 is 9.32 Å². The molecule has 1 aromatic heterocycles. The quantitative estimate of drug-likeness (QED) is 0.801. The molecule has 1 unspecified atom stereocenters. The number of carbonyl (C=O) groups excluding carboxylic acids is 1. The Labute approximate surface area is 117 Å². The average Bonchev–Trinajstić information content (AvgIpc) is 2.83. The van der Waals surface area contributed by atoms with Gasteiger partial charge in [-0.05, 0) is 38.6 Å². The summed E-state index contributed by atoms with van der Waals surface area (Å²) in [7, 11) is 1.89. The Morgan fingerprint density at radius 2 is 2.10 bits per heavy atom. The maximum Gasteiger partial charge on any atom is 0.324 e. The van der Waals surface area contributed by atoms with Gasteiger partial charge in [0, 0.05) is 17.8 Å². The number of aryl methyl sites for hydroxylation is 1. The highest BCUT2D eigenvalue weighted by Gasteiger charge is 2.08. The summed E-state index contributed by atoms with van der Waals surface area (Å²) < 4.78 is 4.88. The number of hydrogen-bond acceptors (Lipinski definition) is 4. The van der Waals surface area contributed by atoms with Gasteiger partial charge in [-0.25, -0.2) is 4.79 Å². The van der Waals surface area contributed by atoms with Gasteiger partial charge in [-0.3, -0.25) is 5.32 Å². The summed E-state index contributed by atoms with van der Waals surface area (Å²) in [5, 5.41) is 12.2. The smallest absolute Gasteiger partial charge is 0.324 e. The van der Waals surface area contributed by atoms with E-state index < -0.39 is 0 Å². The number of nitrogens with zero attached hydrogens (tertiary/aromatic N) is 1. The molecular formula is C14H18N4O2. The summed E-state index contributed by atoms with van der Waals surface area (Å²) in [6.07, 6.45) is 0. The molecule has 0 radical (unpaired) electrons. The summed E-state index contributed by atoms with van der Waals surface area (Å²) in [6.45, 7) is 3.82. The molecule has 0 aliphatic rings. The van der Waals surface area contributed by atoms with Crippen molar-refractivity contribution in [3.8, 4) is 0 Å². The van der Waals surface area contributed by atoms with E-state index in [0.717, 1.165) is 11.3 Å². The summed E-state index contributed by atoms with van der Waals surface area (Å²) in [5.41, 5.74) is 1.82. The highest BCUT2D eigenvalue weighted by molar-refractivity contribution is 5.99. The van der Waals surface area contributed by atoms with Gasteiger partial charge in [-0.15, -0.1) is 0 Å². The van der Waals surface area contributed by atoms with Crippen molar-refractivity contribution in [1.82, 2.24) is 10.5 Å². The van der Waals surface area contributed by atoms with E-state index >= 15 is 0 Å². The van der Waals surface area contributed by atoms with Gasteiger partial charge >= 0.3 is 6.03 Å². The van der Waals surface area contributed by atoms with Gasteiger partial charge in [0.05, 0.1) is 0 Å². The molecule has 6 nitrogen and oxygen atoms in total. The Morgan fingerprint density at radius 3 is 2.75 bits per heavy atom. The Morgan fingerprint density at radius 1 is 1.30 bits per heavy atom. The van der Waals surface area contributed by atoms with E-state index in [4.69, 9.17) is 4.52 Å². The first-order valence-corrected chi connectivity index (χ1v) is 6.37. The first-order chi connectivity index (χ1) is 9.58. The predicted octanol–water partition coefficient (Wildman–Crippen LogP) is 2.91. The monoisotopic (exact) mass is 274 g/mol. The maximum absolute atomic E-state index is 11.8. The van der Waals surface area contributed by atoms with E-state index in [1.807, 2.05) is 31.3 Å². The lowest BCUT2D eigenvalue weighted by Crippen LogP contribution is -2.20. The highest BCUT2D eigenvalue weighted by atomic mass is 16.5. The van der Waals surface area contributed by atoms with Gasteiger partial charge in [-0.2, -0.15) is 0 Å². The second-order valence-electron chi connectivity index (χ2n) is 4.54. The van der Waals surface area contributed by atoms with Crippen molar-refractivity contribution >= 4 is 17.5 Å². The van der Waals surface area contributed by atoms with Gasteiger partial charge in [0.2, 0.25) is 0 Å². The van der Waals surface area contributed by atoms with Crippen LogP contribution in [0.15, 0.2) is 34.9 Å². The number of nitrogens with one attached hydrogen (secondary N) is 3. The van der Waals surface area contributed by atoms with Crippen LogP contribution in [-0.2, 0) is 0 Å². The number of anilines is 2. The number of benzene rings is 1. The topological polar surface area (TPSA) is 79.2 Å². The standard InChI is InChI=1S/C14H18N4O2/c1-9-7-13(18-20-9)17-14(19)16-12-6-4-5-11(8-12)10(2)15-3/h4-8,10,15H,1-3H3,(H2,16,17,18,19). The Balaban J connectivity index is 2.00. The van der Waals surface area contributed by atoms with Crippen molar-refractivity contribution in [2.75, 3.05) is 17.7 Å². The number of aromatic nitrogens is 1. The predicted molar refractivity (Wildman–Crippen MR) is 77.8 cm³/mol. The third-order valence-electron chi connectivity index (χ3n) is 2.95. The fourth-order valence-electron chi connectivity index (χ4n) is 1.76. The summed E-state index contributed by atoms with van der Waals surface area (Å²) >= 11 is 0. The Bertz CT molecular complexity index is 594. The van der Waals surface area contributed by atoms with Crippen LogP contribution in [0.1, 0.15) is 24.3 Å². The van der Waals surface area contributed by atoms with Gasteiger partial charge < -0.3 is 15.2 Å². The Kier molecular flexibility index (Phi) is 4.37. The molecule has 1 heterocycles. The number of urea groups is 1. The summed E-state index contributed by atoms with van der Waals surface area (Å²) in [4.78, 5) is 11.8. The molecule has 0 aliphatic carbocycles. The van der Waals surface area contributed by atoms with E-state index in [9.17, 15) is 4.79 Å². The van der Waals surface area contributed by atoms with Crippen LogP contribution in [0.3, 0.4) is 0 Å². The molecule has 106 valence electrons. The minimum Gasteiger partial charge on any atom is -0.360 e. The lowest BCUT2D eigenvalue weighted by molar-refractivity contribution is 0.262. The fraction of sp³-hybridized carbons (Fsp3) is 0.286. The van der Waals surface area contributed by atoms with E-state index in [0.29, 0.717) is 11.6 Å². The number of hydrogen-bond donors (Lipinski definition) is 3. The molecule has 0 aliphatic heterocycles. The molecule has 2 amide bonds. The van der Waals surface area contributed by atoms with Crippen molar-refractivity contribution in [2.24, 2.45) is 0 Å². The van der Waals surface area contributed by atoms with E-state index in [1.165, 1.54) is 0 Å². The summed E-state index contributed by atoms with van der Waals surface area (Å²) in [6, 6.07) is 9.18. The molecule has 2 aromatic rings. The van der Waals surface area contributed by atoms with E-state index in [2.05, 4.69) is 28.0 Å². The zero-order valence-corrected chi connectivity index (χ0v) is 11.7. The molecule has 1 aromatic carbocycles. The third-order valence-corrected chi connectivity index (χ3v) is 2.95. The molecule has 0 bridgehead atoms. The lowest BCUT2D eigenvalue weighted by Gasteiger charge is -2.12. The minimum absolute atomic E-state index is 0.220. The van der Waals surface area contributed by atoms with Gasteiger partial charge in [0.15, 0.2) is 5.82 Å². The maximum atomic E-state index is 11.8. The van der Waals surface area contributed by atoms with Crippen molar-refractivity contribution in [2.45, 2.75) is 19.9 Å². The lowest BCUT2D eigenvalue weighted by atomic mass is 10.1. The van der Waals surface area contributed by atoms with Crippen LogP contribution in [0, 0.1) is 6.92 Å². The van der Waals surface area contributed by atoms with Gasteiger partial charge in [0.1, 0.15) is 5.76 Å². The van der Waals surface area contributed by atoms with Gasteiger partial charge in [0.25, 0.3) is 0 Å². The fourth-order valence-corrected chi connectivity index (χ4v) is 1.76. The average molecular weight is 274 g/mol. The third kappa shape index (κ3) is 3.58. The van der Waals surface area contributed by atoms with Crippen LogP contribution in [0.25, 0.3) is 0 Å². The molecule has 2 rings (SSSR count). The molecular weight excluding hydrogens is 256 g/mol. The molecule has 1 atom stereocenters. The van der Waals surface area contributed by atoms with Crippen molar-refractivity contribution in [3.05, 3.63) is 41.7 Å². The molecule has 3 N–H and O–H groups in total. The highest BCUT2D eigenvalue weighted by Crippen LogP contribution is 2.17. The zero-order valence-electron chi connectivity index (χ0n) is 11.7. The Hall–Kier alpha value is -2.34. The van der Waals surface area contributed by atoms with Gasteiger partial charge in [-0.1, -0.05) is 17.3 Å². The van der Waals surface area contributed by atoms with Crippen LogP contribution in [-0.4, -0.2) is 18.2 Å². The SMILES string of the molecule is CNC(C)c1cccc(NC(=O)Nc2cc(C)on2)c1. The van der Waals surface area contributed by atoms with Crippen molar-refractivity contribution in [3.63, 3.8) is 0 Å². The molecule has 0 fully saturated rings. The first-order valence-electron chi connectivity index (χ1n) is 6.37. The van der Waals surface area contributed by atoms with Crippen LogP contribution >= 0.6 is 0 Å². The molecule has 20 heavy (non-hydrogen) atoms. The number of amides is 2. The number of rotatable bonds is 4. The largest absolute Gasteiger partial charge is 0.360 e. The zero-order chi connectivity index (χ0) is 14.5. The van der Waals surface area contributed by atoms with Crippen molar-refractivity contribution in [1.29, 1.82) is 0 Å². The molecule has 6 heteroatoms. The van der Waals surface area contributed by atoms with Crippen LogP contribution in [0.4, 0.5) is 16.3 Å². The van der Waals surface area contributed by atoms with Crippen LogP contribution in [0.5, 0.6) is 0 Å². The normalized spacial score (nSPS) is 11.9. The van der Waals surface area contributed by atoms with E-state index in [-0.39, 0.29) is 12.1 Å². The van der Waals surface area contributed by atoms with Crippen LogP contribution < -0.4 is 16.0 Å². The molecule has 0 saturated heterocycles. The number of carbonyl (C=O) groups is 1. The molecule has 0 saturated carbocycles. The minimum atomic E-state index is -0.354. The van der Waals surface area contributed by atoms with E-state index in [1.54, 1.807) is 13.0 Å².